The number of nitrogens with two attached hydrogens (primary N) is 1. The van der Waals surface area contributed by atoms with Crippen LogP contribution in [0.2, 0.25) is 0 Å². The van der Waals surface area contributed by atoms with E-state index in [1.807, 2.05) is 24.4 Å². The van der Waals surface area contributed by atoms with E-state index in [-0.39, 0.29) is 12.4 Å². The molecule has 3 aromatic rings. The van der Waals surface area contributed by atoms with Gasteiger partial charge in [0.2, 0.25) is 0 Å². The van der Waals surface area contributed by atoms with E-state index in [1.54, 1.807) is 12.1 Å². The molecule has 1 amide bonds. The fourth-order valence-electron chi connectivity index (χ4n) is 3.66. The van der Waals surface area contributed by atoms with Crippen molar-refractivity contribution in [1.82, 2.24) is 19.9 Å². The number of imidazole rings is 1. The fourth-order valence-corrected chi connectivity index (χ4v) is 3.66. The molecule has 0 unspecified atom stereocenters. The zero-order valence-electron chi connectivity index (χ0n) is 16.6. The zero-order valence-corrected chi connectivity index (χ0v) is 17.4. The lowest BCUT2D eigenvalue weighted by molar-refractivity contribution is 0.100. The predicted molar refractivity (Wildman–Crippen MR) is 119 cm³/mol. The lowest BCUT2D eigenvalue weighted by Gasteiger charge is -2.35. The van der Waals surface area contributed by atoms with Gasteiger partial charge in [0.05, 0.1) is 11.1 Å². The number of pyridine rings is 1. The van der Waals surface area contributed by atoms with Gasteiger partial charge >= 0.3 is 0 Å². The van der Waals surface area contributed by atoms with Crippen molar-refractivity contribution in [2.24, 2.45) is 5.73 Å². The zero-order chi connectivity index (χ0) is 19.5. The molecule has 1 aliphatic heterocycles. The first-order valence-electron chi connectivity index (χ1n) is 9.88. The van der Waals surface area contributed by atoms with Crippen LogP contribution >= 0.6 is 12.4 Å². The minimum absolute atomic E-state index is 0. The summed E-state index contributed by atoms with van der Waals surface area (Å²) in [6, 6.07) is 9.44. The number of benzene rings is 1. The second kappa shape index (κ2) is 9.24. The number of carbonyl (C=O) groups is 1. The first-order chi connectivity index (χ1) is 13.7. The number of H-pyrrole nitrogens is 1. The second-order valence-corrected chi connectivity index (χ2v) is 7.24. The van der Waals surface area contributed by atoms with Gasteiger partial charge in [-0.15, -0.1) is 12.4 Å². The van der Waals surface area contributed by atoms with E-state index in [0.29, 0.717) is 16.9 Å². The first-order valence-corrected chi connectivity index (χ1v) is 9.88. The maximum Gasteiger partial charge on any atom is 0.250 e. The first kappa shape index (κ1) is 21.1. The van der Waals surface area contributed by atoms with Gasteiger partial charge in [0.15, 0.2) is 0 Å². The van der Waals surface area contributed by atoms with Crippen LogP contribution in [0.1, 0.15) is 30.1 Å². The van der Waals surface area contributed by atoms with Gasteiger partial charge in [0, 0.05) is 37.9 Å². The Balaban J connectivity index is 0.00000240. The summed E-state index contributed by atoms with van der Waals surface area (Å²) in [4.78, 5) is 28.9. The number of hydrogen-bond acceptors (Lipinski definition) is 5. The third kappa shape index (κ3) is 4.52. The molecule has 154 valence electrons. The molecule has 3 heterocycles. The molecule has 0 spiro atoms. The summed E-state index contributed by atoms with van der Waals surface area (Å²) in [5, 5.41) is 0. The summed E-state index contributed by atoms with van der Waals surface area (Å²) in [5.74, 6) is 1.20. The maximum atomic E-state index is 11.6. The number of anilines is 1. The highest BCUT2D eigenvalue weighted by molar-refractivity contribution is 6.04. The number of amides is 1. The van der Waals surface area contributed by atoms with Crippen molar-refractivity contribution >= 4 is 35.2 Å². The number of fused-ring (bicyclic) bond motifs is 1. The molecule has 0 atom stereocenters. The molecule has 4 rings (SSSR count). The molecule has 8 heteroatoms. The average Bonchev–Trinajstić information content (AvgIpc) is 3.17. The van der Waals surface area contributed by atoms with Gasteiger partial charge in [-0.25, -0.2) is 9.97 Å². The molecule has 0 radical (unpaired) electrons. The van der Waals surface area contributed by atoms with Crippen molar-refractivity contribution in [2.45, 2.75) is 19.8 Å². The standard InChI is InChI=1S/C21H26N6O.ClH/c1-2-3-9-26-10-12-27(13-11-26)18-8-7-15(14-23-18)21-24-17-6-4-5-16(20(22)28)19(17)25-21;/h4-8,14H,2-3,9-13H2,1H3,(H2,22,28)(H,24,25);1H. The molecule has 2 aromatic heterocycles. The fraction of sp³-hybridized carbons (Fsp3) is 0.381. The van der Waals surface area contributed by atoms with Crippen LogP contribution in [0, 0.1) is 0 Å². The van der Waals surface area contributed by atoms with E-state index in [9.17, 15) is 4.79 Å². The topological polar surface area (TPSA) is 91.1 Å². The van der Waals surface area contributed by atoms with Gasteiger partial charge in [-0.05, 0) is 37.2 Å². The van der Waals surface area contributed by atoms with Crippen LogP contribution < -0.4 is 10.6 Å². The number of nitrogens with zero attached hydrogens (tertiary/aromatic N) is 4. The lowest BCUT2D eigenvalue weighted by Crippen LogP contribution is -2.46. The Morgan fingerprint density at radius 2 is 1.97 bits per heavy atom. The lowest BCUT2D eigenvalue weighted by atomic mass is 10.2. The number of carbonyl (C=O) groups excluding carboxylic acids is 1. The van der Waals surface area contributed by atoms with Gasteiger partial charge in [-0.2, -0.15) is 0 Å². The van der Waals surface area contributed by atoms with Crippen LogP contribution in [0.15, 0.2) is 36.5 Å². The van der Waals surface area contributed by atoms with E-state index in [1.165, 1.54) is 19.4 Å². The molecule has 7 nitrogen and oxygen atoms in total. The Morgan fingerprint density at radius 1 is 1.17 bits per heavy atom. The molecular weight excluding hydrogens is 388 g/mol. The van der Waals surface area contributed by atoms with Gasteiger partial charge in [0.1, 0.15) is 17.2 Å². The van der Waals surface area contributed by atoms with Gasteiger partial charge < -0.3 is 15.6 Å². The number of aromatic nitrogens is 3. The van der Waals surface area contributed by atoms with Gasteiger partial charge in [-0.3, -0.25) is 9.69 Å². The van der Waals surface area contributed by atoms with Crippen LogP contribution in [0.25, 0.3) is 22.4 Å². The number of hydrogen-bond donors (Lipinski definition) is 2. The number of para-hydroxylation sites is 1. The number of primary amides is 1. The van der Waals surface area contributed by atoms with Crippen molar-refractivity contribution in [1.29, 1.82) is 0 Å². The molecule has 0 bridgehead atoms. The Morgan fingerprint density at radius 3 is 2.62 bits per heavy atom. The summed E-state index contributed by atoms with van der Waals surface area (Å²) in [7, 11) is 0. The Labute approximate surface area is 176 Å². The SMILES string of the molecule is CCCCN1CCN(c2ccc(-c3nc4c(C(N)=O)cccc4[nH]3)cn2)CC1.Cl. The monoisotopic (exact) mass is 414 g/mol. The molecule has 29 heavy (non-hydrogen) atoms. The number of unbranched alkanes of at least 4 members (excludes halogenated alkanes) is 1. The van der Waals surface area contributed by atoms with Crippen LogP contribution in [0.4, 0.5) is 5.82 Å². The van der Waals surface area contributed by atoms with Crippen LogP contribution in [0.5, 0.6) is 0 Å². The molecule has 1 saturated heterocycles. The highest BCUT2D eigenvalue weighted by atomic mass is 35.5. The highest BCUT2D eigenvalue weighted by Crippen LogP contribution is 2.24. The summed E-state index contributed by atoms with van der Waals surface area (Å²) in [6.45, 7) is 7.60. The predicted octanol–water partition coefficient (Wildman–Crippen LogP) is 3.07. The van der Waals surface area contributed by atoms with Crippen molar-refractivity contribution in [3.05, 3.63) is 42.1 Å². The summed E-state index contributed by atoms with van der Waals surface area (Å²) in [5.41, 5.74) is 8.15. The van der Waals surface area contributed by atoms with Crippen LogP contribution in [-0.4, -0.2) is 58.5 Å². The minimum atomic E-state index is -0.477. The van der Waals surface area contributed by atoms with Crippen molar-refractivity contribution < 1.29 is 4.79 Å². The maximum absolute atomic E-state index is 11.6. The third-order valence-electron chi connectivity index (χ3n) is 5.32. The largest absolute Gasteiger partial charge is 0.366 e. The minimum Gasteiger partial charge on any atom is -0.366 e. The summed E-state index contributed by atoms with van der Waals surface area (Å²) in [6.07, 6.45) is 4.34. The molecule has 3 N–H and O–H groups in total. The molecule has 1 aliphatic rings. The van der Waals surface area contributed by atoms with Crippen molar-refractivity contribution in [3.8, 4) is 11.4 Å². The molecule has 0 saturated carbocycles. The Kier molecular flexibility index (Phi) is 6.71. The molecule has 1 fully saturated rings. The second-order valence-electron chi connectivity index (χ2n) is 7.24. The smallest absolute Gasteiger partial charge is 0.250 e. The number of nitrogens with one attached hydrogen (secondary N) is 1. The quantitative estimate of drug-likeness (QED) is 0.646. The number of rotatable bonds is 6. The van der Waals surface area contributed by atoms with Crippen LogP contribution in [0.3, 0.4) is 0 Å². The summed E-state index contributed by atoms with van der Waals surface area (Å²) >= 11 is 0. The van der Waals surface area contributed by atoms with Crippen molar-refractivity contribution in [2.75, 3.05) is 37.6 Å². The van der Waals surface area contributed by atoms with E-state index in [0.717, 1.165) is 43.1 Å². The molecule has 0 aliphatic carbocycles. The Hall–Kier alpha value is -2.64. The van der Waals surface area contributed by atoms with Crippen molar-refractivity contribution in [3.63, 3.8) is 0 Å². The third-order valence-corrected chi connectivity index (χ3v) is 5.32. The molecular formula is C21H27ClN6O. The van der Waals surface area contributed by atoms with E-state index >= 15 is 0 Å². The average molecular weight is 415 g/mol. The number of aromatic amines is 1. The van der Waals surface area contributed by atoms with Crippen LogP contribution in [-0.2, 0) is 0 Å². The summed E-state index contributed by atoms with van der Waals surface area (Å²) < 4.78 is 0. The normalized spacial score (nSPS) is 14.7. The van der Waals surface area contributed by atoms with Gasteiger partial charge in [0.25, 0.3) is 5.91 Å². The van der Waals surface area contributed by atoms with Gasteiger partial charge in [-0.1, -0.05) is 19.4 Å². The van der Waals surface area contributed by atoms with E-state index in [4.69, 9.17) is 5.73 Å². The van der Waals surface area contributed by atoms with E-state index < -0.39 is 5.91 Å². The Bertz CT molecular complexity index is 963. The van der Waals surface area contributed by atoms with E-state index in [2.05, 4.69) is 31.7 Å². The molecule has 1 aromatic carbocycles. The number of halogens is 1. The number of piperazine rings is 1. The highest BCUT2D eigenvalue weighted by Gasteiger charge is 2.18.